The second-order valence-electron chi connectivity index (χ2n) is 4.84. The van der Waals surface area contributed by atoms with Gasteiger partial charge in [-0.25, -0.2) is 4.98 Å². The molecule has 5 nitrogen and oxygen atoms in total. The lowest BCUT2D eigenvalue weighted by Gasteiger charge is -2.06. The monoisotopic (exact) mass is 313 g/mol. The molecule has 0 aliphatic rings. The number of anilines is 2. The van der Waals surface area contributed by atoms with Crippen molar-refractivity contribution in [3.05, 3.63) is 47.0 Å². The number of nitrogens with two attached hydrogens (primary N) is 1. The summed E-state index contributed by atoms with van der Waals surface area (Å²) in [6.07, 6.45) is 0. The summed E-state index contributed by atoms with van der Waals surface area (Å²) in [6.45, 7) is 1.91. The number of ether oxygens (including phenoxy) is 1. The van der Waals surface area contributed by atoms with E-state index in [-0.39, 0.29) is 5.91 Å². The van der Waals surface area contributed by atoms with Gasteiger partial charge in [0.25, 0.3) is 5.91 Å². The van der Waals surface area contributed by atoms with Crippen molar-refractivity contribution >= 4 is 38.8 Å². The molecule has 1 aromatic carbocycles. The van der Waals surface area contributed by atoms with Gasteiger partial charge in [0.2, 0.25) is 0 Å². The Morgan fingerprint density at radius 1 is 1.32 bits per heavy atom. The average molecular weight is 313 g/mol. The highest BCUT2D eigenvalue weighted by atomic mass is 32.1. The van der Waals surface area contributed by atoms with Crippen molar-refractivity contribution in [3.63, 3.8) is 0 Å². The van der Waals surface area contributed by atoms with Crippen LogP contribution in [0.5, 0.6) is 5.75 Å². The lowest BCUT2D eigenvalue weighted by molar-refractivity contribution is 0.103. The first-order chi connectivity index (χ1) is 10.6. The summed E-state index contributed by atoms with van der Waals surface area (Å²) in [5.74, 6) is 0.436. The molecule has 0 unspecified atom stereocenters. The quantitative estimate of drug-likeness (QED) is 0.776. The Labute approximate surface area is 131 Å². The molecule has 0 radical (unpaired) electrons. The summed E-state index contributed by atoms with van der Waals surface area (Å²) in [5.41, 5.74) is 8.10. The van der Waals surface area contributed by atoms with Crippen molar-refractivity contribution < 1.29 is 9.53 Å². The van der Waals surface area contributed by atoms with Crippen molar-refractivity contribution in [1.82, 2.24) is 4.98 Å². The molecule has 112 valence electrons. The lowest BCUT2D eigenvalue weighted by atomic mass is 10.2. The Kier molecular flexibility index (Phi) is 3.68. The highest BCUT2D eigenvalue weighted by Gasteiger charge is 2.17. The number of amides is 1. The molecule has 0 saturated heterocycles. The predicted octanol–water partition coefficient (Wildman–Crippen LogP) is 3.45. The number of rotatable bonds is 3. The largest absolute Gasteiger partial charge is 0.497 e. The van der Waals surface area contributed by atoms with Gasteiger partial charge in [-0.15, -0.1) is 11.3 Å². The summed E-state index contributed by atoms with van der Waals surface area (Å²) in [5, 5.41) is 3.64. The smallest absolute Gasteiger partial charge is 0.267 e. The van der Waals surface area contributed by atoms with Gasteiger partial charge in [-0.3, -0.25) is 4.79 Å². The molecule has 6 heteroatoms. The van der Waals surface area contributed by atoms with Gasteiger partial charge in [-0.05, 0) is 31.2 Å². The molecule has 0 aliphatic heterocycles. The predicted molar refractivity (Wildman–Crippen MR) is 89.7 cm³/mol. The maximum absolute atomic E-state index is 12.4. The van der Waals surface area contributed by atoms with Gasteiger partial charge in [-0.2, -0.15) is 0 Å². The van der Waals surface area contributed by atoms with E-state index in [9.17, 15) is 4.79 Å². The Balaban J connectivity index is 1.93. The van der Waals surface area contributed by atoms with Crippen LogP contribution in [0.1, 0.15) is 15.4 Å². The van der Waals surface area contributed by atoms with Crippen molar-refractivity contribution in [2.75, 3.05) is 18.2 Å². The number of aryl methyl sites for hydroxylation is 1. The second-order valence-corrected chi connectivity index (χ2v) is 5.84. The van der Waals surface area contributed by atoms with E-state index in [2.05, 4.69) is 10.3 Å². The van der Waals surface area contributed by atoms with E-state index in [1.165, 1.54) is 11.3 Å². The van der Waals surface area contributed by atoms with E-state index in [1.807, 2.05) is 31.2 Å². The van der Waals surface area contributed by atoms with Crippen LogP contribution in [0, 0.1) is 6.92 Å². The molecule has 1 amide bonds. The van der Waals surface area contributed by atoms with Gasteiger partial charge in [0.15, 0.2) is 0 Å². The zero-order valence-electron chi connectivity index (χ0n) is 12.2. The first-order valence-corrected chi connectivity index (χ1v) is 7.51. The van der Waals surface area contributed by atoms with E-state index in [0.717, 1.165) is 15.9 Å². The molecule has 2 aromatic heterocycles. The van der Waals surface area contributed by atoms with E-state index in [1.54, 1.807) is 19.2 Å². The van der Waals surface area contributed by atoms with Crippen molar-refractivity contribution in [3.8, 4) is 5.75 Å². The third-order valence-electron chi connectivity index (χ3n) is 3.27. The molecular weight excluding hydrogens is 298 g/mol. The molecule has 0 saturated carbocycles. The zero-order chi connectivity index (χ0) is 15.7. The van der Waals surface area contributed by atoms with Gasteiger partial charge >= 0.3 is 0 Å². The number of benzene rings is 1. The van der Waals surface area contributed by atoms with Crippen LogP contribution >= 0.6 is 11.3 Å². The Morgan fingerprint density at radius 3 is 2.91 bits per heavy atom. The minimum atomic E-state index is -0.244. The van der Waals surface area contributed by atoms with Crippen molar-refractivity contribution in [1.29, 1.82) is 0 Å². The summed E-state index contributed by atoms with van der Waals surface area (Å²) in [4.78, 5) is 18.1. The molecule has 0 aliphatic carbocycles. The number of hydrogen-bond acceptors (Lipinski definition) is 5. The van der Waals surface area contributed by atoms with Gasteiger partial charge in [0.05, 0.1) is 12.8 Å². The number of pyridine rings is 1. The fourth-order valence-electron chi connectivity index (χ4n) is 2.15. The van der Waals surface area contributed by atoms with E-state index >= 15 is 0 Å². The Morgan fingerprint density at radius 2 is 2.14 bits per heavy atom. The molecule has 3 aromatic rings. The lowest BCUT2D eigenvalue weighted by Crippen LogP contribution is -2.11. The maximum atomic E-state index is 12.4. The van der Waals surface area contributed by atoms with Crippen LogP contribution in [-0.2, 0) is 0 Å². The summed E-state index contributed by atoms with van der Waals surface area (Å²) in [6, 6.07) is 11.0. The molecule has 0 bridgehead atoms. The molecule has 3 N–H and O–H groups in total. The topological polar surface area (TPSA) is 77.2 Å². The number of hydrogen-bond donors (Lipinski definition) is 2. The number of methoxy groups -OCH3 is 1. The van der Waals surface area contributed by atoms with Gasteiger partial charge in [-0.1, -0.05) is 6.07 Å². The fourth-order valence-corrected chi connectivity index (χ4v) is 3.18. The number of aromatic nitrogens is 1. The van der Waals surface area contributed by atoms with Crippen LogP contribution in [0.3, 0.4) is 0 Å². The van der Waals surface area contributed by atoms with E-state index < -0.39 is 0 Å². The molecule has 0 spiro atoms. The van der Waals surface area contributed by atoms with Crippen LogP contribution in [0.25, 0.3) is 10.2 Å². The van der Waals surface area contributed by atoms with E-state index in [4.69, 9.17) is 10.5 Å². The third-order valence-corrected chi connectivity index (χ3v) is 4.38. The van der Waals surface area contributed by atoms with E-state index in [0.29, 0.717) is 22.0 Å². The molecular formula is C16H15N3O2S. The average Bonchev–Trinajstić information content (AvgIpc) is 2.84. The Hall–Kier alpha value is -2.60. The standard InChI is InChI=1S/C16H15N3O2S/c1-9-6-7-12-13(17)14(22-16(12)18-9)15(20)19-10-4-3-5-11(8-10)21-2/h3-8H,17H2,1-2H3,(H,19,20). The zero-order valence-corrected chi connectivity index (χ0v) is 13.0. The first kappa shape index (κ1) is 14.3. The normalized spacial score (nSPS) is 10.6. The van der Waals surface area contributed by atoms with Crippen LogP contribution in [0.4, 0.5) is 11.4 Å². The number of carbonyl (C=O) groups is 1. The highest BCUT2D eigenvalue weighted by Crippen LogP contribution is 2.33. The molecule has 22 heavy (non-hydrogen) atoms. The third kappa shape index (κ3) is 2.60. The van der Waals surface area contributed by atoms with Crippen LogP contribution in [0.15, 0.2) is 36.4 Å². The Bertz CT molecular complexity index is 858. The van der Waals surface area contributed by atoms with Crippen LogP contribution in [-0.4, -0.2) is 18.0 Å². The van der Waals surface area contributed by atoms with Crippen LogP contribution < -0.4 is 15.8 Å². The summed E-state index contributed by atoms with van der Waals surface area (Å²) in [7, 11) is 1.58. The van der Waals surface area contributed by atoms with Crippen molar-refractivity contribution in [2.24, 2.45) is 0 Å². The summed E-state index contributed by atoms with van der Waals surface area (Å²) >= 11 is 1.30. The number of nitrogens with zero attached hydrogens (tertiary/aromatic N) is 1. The SMILES string of the molecule is COc1cccc(NC(=O)c2sc3nc(C)ccc3c2N)c1. The molecule has 2 heterocycles. The van der Waals surface area contributed by atoms with Crippen LogP contribution in [0.2, 0.25) is 0 Å². The molecule has 0 atom stereocenters. The number of fused-ring (bicyclic) bond motifs is 1. The number of thiophene rings is 1. The molecule has 3 rings (SSSR count). The van der Waals surface area contributed by atoms with Gasteiger partial charge < -0.3 is 15.8 Å². The minimum absolute atomic E-state index is 0.244. The van der Waals surface area contributed by atoms with Gasteiger partial charge in [0, 0.05) is 22.8 Å². The van der Waals surface area contributed by atoms with Crippen molar-refractivity contribution in [2.45, 2.75) is 6.92 Å². The minimum Gasteiger partial charge on any atom is -0.497 e. The fraction of sp³-hybridized carbons (Fsp3) is 0.125. The number of nitrogen functional groups attached to an aromatic ring is 1. The molecule has 0 fully saturated rings. The maximum Gasteiger partial charge on any atom is 0.267 e. The number of nitrogens with one attached hydrogen (secondary N) is 1. The second kappa shape index (κ2) is 5.65. The first-order valence-electron chi connectivity index (χ1n) is 6.69. The van der Waals surface area contributed by atoms with Gasteiger partial charge in [0.1, 0.15) is 15.5 Å². The summed E-state index contributed by atoms with van der Waals surface area (Å²) < 4.78 is 5.14. The number of carbonyl (C=O) groups excluding carboxylic acids is 1. The highest BCUT2D eigenvalue weighted by molar-refractivity contribution is 7.21.